The minimum atomic E-state index is 0.208. The Balaban J connectivity index is 3.32. The van der Waals surface area contributed by atoms with Gasteiger partial charge in [-0.25, -0.2) is 0 Å². The lowest BCUT2D eigenvalue weighted by molar-refractivity contribution is -0.115. The second kappa shape index (κ2) is 9.88. The standard InChI is InChI=1S/C13H25NO/c1-4-5-6-7-8-9-10-14-12(2)11-13(3)15/h4-11H2,1-3H3. The number of hydrogen-bond acceptors (Lipinski definition) is 2. The molecule has 2 nitrogen and oxygen atoms in total. The molecule has 0 unspecified atom stereocenters. The topological polar surface area (TPSA) is 29.4 Å². The molecule has 0 fully saturated rings. The lowest BCUT2D eigenvalue weighted by atomic mass is 10.1. The summed E-state index contributed by atoms with van der Waals surface area (Å²) in [6.07, 6.45) is 8.30. The molecule has 0 amide bonds. The molecule has 0 spiro atoms. The van der Waals surface area contributed by atoms with Gasteiger partial charge in [0.1, 0.15) is 5.78 Å². The molecule has 15 heavy (non-hydrogen) atoms. The highest BCUT2D eigenvalue weighted by Gasteiger charge is 1.96. The van der Waals surface area contributed by atoms with Crippen molar-refractivity contribution in [2.24, 2.45) is 4.99 Å². The molecule has 0 heterocycles. The third-order valence-corrected chi connectivity index (χ3v) is 2.40. The minimum Gasteiger partial charge on any atom is -0.300 e. The molecule has 0 saturated carbocycles. The average Bonchev–Trinajstić information content (AvgIpc) is 2.15. The van der Waals surface area contributed by atoms with Crippen molar-refractivity contribution in [2.45, 2.75) is 65.7 Å². The summed E-state index contributed by atoms with van der Waals surface area (Å²) in [7, 11) is 0. The van der Waals surface area contributed by atoms with Crippen LogP contribution in [0, 0.1) is 0 Å². The van der Waals surface area contributed by atoms with Crippen molar-refractivity contribution in [3.63, 3.8) is 0 Å². The number of carbonyl (C=O) groups is 1. The highest BCUT2D eigenvalue weighted by atomic mass is 16.1. The molecule has 0 rings (SSSR count). The Bertz CT molecular complexity index is 197. The average molecular weight is 211 g/mol. The summed E-state index contributed by atoms with van der Waals surface area (Å²) in [5, 5.41) is 0. The first-order chi connectivity index (χ1) is 7.16. The van der Waals surface area contributed by atoms with Crippen LogP contribution in [0.25, 0.3) is 0 Å². The van der Waals surface area contributed by atoms with Crippen molar-refractivity contribution in [3.05, 3.63) is 0 Å². The minimum absolute atomic E-state index is 0.208. The number of ketones is 1. The molecule has 0 bridgehead atoms. The van der Waals surface area contributed by atoms with Crippen molar-refractivity contribution < 1.29 is 4.79 Å². The first kappa shape index (κ1) is 14.3. The van der Waals surface area contributed by atoms with E-state index in [0.29, 0.717) is 6.42 Å². The fourth-order valence-electron chi connectivity index (χ4n) is 1.58. The van der Waals surface area contributed by atoms with E-state index in [4.69, 9.17) is 0 Å². The first-order valence-corrected chi connectivity index (χ1v) is 6.16. The summed E-state index contributed by atoms with van der Waals surface area (Å²) in [5.41, 5.74) is 0.982. The van der Waals surface area contributed by atoms with Crippen LogP contribution in [0.4, 0.5) is 0 Å². The van der Waals surface area contributed by atoms with Crippen molar-refractivity contribution in [1.29, 1.82) is 0 Å². The SMILES string of the molecule is CCCCCCCCN=C(C)CC(C)=O. The molecule has 2 heteroatoms. The molecular weight excluding hydrogens is 186 g/mol. The highest BCUT2D eigenvalue weighted by molar-refractivity contribution is 5.99. The van der Waals surface area contributed by atoms with E-state index in [0.717, 1.165) is 12.3 Å². The molecule has 0 saturated heterocycles. The van der Waals surface area contributed by atoms with Crippen molar-refractivity contribution in [1.82, 2.24) is 0 Å². The van der Waals surface area contributed by atoms with Gasteiger partial charge in [0.25, 0.3) is 0 Å². The Hall–Kier alpha value is -0.660. The smallest absolute Gasteiger partial charge is 0.135 e. The molecule has 0 aliphatic carbocycles. The summed E-state index contributed by atoms with van der Waals surface area (Å²) in [6, 6.07) is 0. The summed E-state index contributed by atoms with van der Waals surface area (Å²) >= 11 is 0. The second-order valence-electron chi connectivity index (χ2n) is 4.26. The summed E-state index contributed by atoms with van der Waals surface area (Å²) in [6.45, 7) is 6.68. The third-order valence-electron chi connectivity index (χ3n) is 2.40. The largest absolute Gasteiger partial charge is 0.300 e. The number of aliphatic imine (C=N–C) groups is 1. The van der Waals surface area contributed by atoms with Gasteiger partial charge < -0.3 is 0 Å². The predicted octanol–water partition coefficient (Wildman–Crippen LogP) is 3.79. The summed E-state index contributed by atoms with van der Waals surface area (Å²) in [4.78, 5) is 15.2. The highest BCUT2D eigenvalue weighted by Crippen LogP contribution is 2.05. The van der Waals surface area contributed by atoms with Gasteiger partial charge in [-0.05, 0) is 20.3 Å². The summed E-state index contributed by atoms with van der Waals surface area (Å²) in [5.74, 6) is 0.208. The van der Waals surface area contributed by atoms with Crippen LogP contribution in [0.5, 0.6) is 0 Å². The van der Waals surface area contributed by atoms with Crippen LogP contribution < -0.4 is 0 Å². The number of carbonyl (C=O) groups excluding carboxylic acids is 1. The maximum atomic E-state index is 10.8. The van der Waals surface area contributed by atoms with Crippen LogP contribution in [0.3, 0.4) is 0 Å². The van der Waals surface area contributed by atoms with Crippen molar-refractivity contribution in [3.8, 4) is 0 Å². The van der Waals surface area contributed by atoms with E-state index >= 15 is 0 Å². The van der Waals surface area contributed by atoms with E-state index in [-0.39, 0.29) is 5.78 Å². The van der Waals surface area contributed by atoms with Gasteiger partial charge in [0, 0.05) is 18.7 Å². The van der Waals surface area contributed by atoms with E-state index in [1.807, 2.05) is 6.92 Å². The Morgan fingerprint density at radius 3 is 2.20 bits per heavy atom. The molecule has 0 aliphatic heterocycles. The van der Waals surface area contributed by atoms with Gasteiger partial charge in [-0.2, -0.15) is 0 Å². The third kappa shape index (κ3) is 11.3. The zero-order valence-electron chi connectivity index (χ0n) is 10.5. The van der Waals surface area contributed by atoms with Gasteiger partial charge in [-0.3, -0.25) is 9.79 Å². The zero-order valence-corrected chi connectivity index (χ0v) is 10.5. The monoisotopic (exact) mass is 211 g/mol. The van der Waals surface area contributed by atoms with Gasteiger partial charge in [0.15, 0.2) is 0 Å². The molecule has 0 radical (unpaired) electrons. The molecular formula is C13H25NO. The van der Waals surface area contributed by atoms with Crippen LogP contribution in [-0.2, 0) is 4.79 Å². The Morgan fingerprint density at radius 1 is 1.00 bits per heavy atom. The van der Waals surface area contributed by atoms with Gasteiger partial charge in [-0.1, -0.05) is 39.0 Å². The van der Waals surface area contributed by atoms with Gasteiger partial charge in [0.05, 0.1) is 0 Å². The number of Topliss-reactive ketones (excluding diaryl/α,β-unsaturated/α-hetero) is 1. The fraction of sp³-hybridized carbons (Fsp3) is 0.846. The van der Waals surface area contributed by atoms with E-state index in [2.05, 4.69) is 11.9 Å². The Labute approximate surface area is 94.2 Å². The molecule has 0 N–H and O–H groups in total. The number of unbranched alkanes of at least 4 members (excludes halogenated alkanes) is 5. The van der Waals surface area contributed by atoms with Crippen LogP contribution in [0.15, 0.2) is 4.99 Å². The zero-order chi connectivity index (χ0) is 11.5. The van der Waals surface area contributed by atoms with Crippen LogP contribution >= 0.6 is 0 Å². The van der Waals surface area contributed by atoms with Crippen LogP contribution in [0.2, 0.25) is 0 Å². The quantitative estimate of drug-likeness (QED) is 0.421. The number of rotatable bonds is 9. The van der Waals surface area contributed by atoms with Crippen LogP contribution in [0.1, 0.15) is 65.7 Å². The number of hydrogen-bond donors (Lipinski definition) is 0. The second-order valence-corrected chi connectivity index (χ2v) is 4.26. The van der Waals surface area contributed by atoms with E-state index in [1.165, 1.54) is 38.5 Å². The van der Waals surface area contributed by atoms with Gasteiger partial charge in [-0.15, -0.1) is 0 Å². The molecule has 0 aromatic heterocycles. The maximum Gasteiger partial charge on any atom is 0.135 e. The molecule has 0 aliphatic rings. The van der Waals surface area contributed by atoms with Gasteiger partial charge >= 0.3 is 0 Å². The predicted molar refractivity (Wildman–Crippen MR) is 66.7 cm³/mol. The van der Waals surface area contributed by atoms with Crippen molar-refractivity contribution in [2.75, 3.05) is 6.54 Å². The maximum absolute atomic E-state index is 10.8. The summed E-state index contributed by atoms with van der Waals surface area (Å²) < 4.78 is 0. The Morgan fingerprint density at radius 2 is 1.60 bits per heavy atom. The molecule has 88 valence electrons. The molecule has 0 atom stereocenters. The lowest BCUT2D eigenvalue weighted by Gasteiger charge is -1.99. The molecule has 0 aromatic rings. The fourth-order valence-corrected chi connectivity index (χ4v) is 1.58. The number of nitrogens with zero attached hydrogens (tertiary/aromatic N) is 1. The normalized spacial score (nSPS) is 11.8. The van der Waals surface area contributed by atoms with Crippen molar-refractivity contribution >= 4 is 11.5 Å². The van der Waals surface area contributed by atoms with E-state index in [9.17, 15) is 4.79 Å². The van der Waals surface area contributed by atoms with E-state index < -0.39 is 0 Å². The first-order valence-electron chi connectivity index (χ1n) is 6.16. The lowest BCUT2D eigenvalue weighted by Crippen LogP contribution is -2.00. The van der Waals surface area contributed by atoms with Gasteiger partial charge in [0.2, 0.25) is 0 Å². The Kier molecular flexibility index (Phi) is 9.44. The molecule has 0 aromatic carbocycles. The van der Waals surface area contributed by atoms with Crippen LogP contribution in [-0.4, -0.2) is 18.0 Å². The van der Waals surface area contributed by atoms with E-state index in [1.54, 1.807) is 6.92 Å².